The Hall–Kier alpha value is -10.5. The molecule has 0 fully saturated rings. The van der Waals surface area contributed by atoms with Crippen molar-refractivity contribution in [3.63, 3.8) is 0 Å². The fourth-order valence-electron chi connectivity index (χ4n) is 6.11. The van der Waals surface area contributed by atoms with E-state index in [9.17, 15) is 69.6 Å². The number of rotatable bonds is 47. The van der Waals surface area contributed by atoms with Crippen LogP contribution >= 0.6 is 0 Å². The maximum absolute atomic E-state index is 12.4. The lowest BCUT2D eigenvalue weighted by Gasteiger charge is -2.18. The Morgan fingerprint density at radius 3 is 1.11 bits per heavy atom. The summed E-state index contributed by atoms with van der Waals surface area (Å²) in [7, 11) is -7.75. The van der Waals surface area contributed by atoms with Crippen LogP contribution in [0.3, 0.4) is 0 Å². The van der Waals surface area contributed by atoms with Crippen LogP contribution in [0, 0.1) is 28.6 Å². The fourth-order valence-corrected chi connectivity index (χ4v) is 7.94. The van der Waals surface area contributed by atoms with Crippen LogP contribution in [0.4, 0.5) is 0 Å². The van der Waals surface area contributed by atoms with E-state index in [4.69, 9.17) is 72.1 Å². The molecular weight excluding hydrogens is 1380 g/mol. The van der Waals surface area contributed by atoms with Gasteiger partial charge in [-0.3, -0.25) is 14.4 Å². The highest BCUT2D eigenvalue weighted by Crippen LogP contribution is 2.18. The van der Waals surface area contributed by atoms with E-state index in [2.05, 4.69) is 70.5 Å². The molecule has 1 rings (SSSR count). The van der Waals surface area contributed by atoms with Gasteiger partial charge in [-0.1, -0.05) is 65.8 Å². The summed E-state index contributed by atoms with van der Waals surface area (Å²) in [6.07, 6.45) is -1.13. The molecule has 0 spiro atoms. The van der Waals surface area contributed by atoms with Gasteiger partial charge in [-0.05, 0) is 78.6 Å². The molecule has 0 aliphatic rings. The first-order valence-corrected chi connectivity index (χ1v) is 33.8. The standard InChI is InChI=1S/C22H26N2O8.C21H24O10S2.C21H32O9.C5H8O2/c1-15(2)21(27)29-9-10-30-22(28)18(5-7-19(25)31-13-16(3)11-23)6-8-20(26)32-14-17(4)12-24;1-5-32(25,26)13-18(14-33(27,28)6-2)31-21(24)17-9-7-16(8-10-17)20(23)30-12-11-29-19(22)15(3)4;1-15(2)19(22)28-9-7-25-13-18(27-11-12-30-21(24)17(5)6)14-26-8-10-29-20(23)16(3)4;1-3-5(6)7-4-2/h18H,1,3-10,13-14H2,2H3;5-10,18H,1-3,11-14H2,4H3;18H,1,3,5,7-14H2,2,4,6H3;3H,1,4H2,2H3. The minimum Gasteiger partial charge on any atom is -0.463 e. The molecule has 31 nitrogen and oxygen atoms in total. The van der Waals surface area contributed by atoms with Crippen LogP contribution in [0.1, 0.15) is 87.9 Å². The molecule has 0 atom stereocenters. The van der Waals surface area contributed by atoms with Crippen molar-refractivity contribution >= 4 is 85.3 Å². The van der Waals surface area contributed by atoms with E-state index >= 15 is 0 Å². The molecule has 1 aromatic rings. The molecule has 562 valence electrons. The van der Waals surface area contributed by atoms with Gasteiger partial charge in [-0.2, -0.15) is 10.5 Å². The van der Waals surface area contributed by atoms with Gasteiger partial charge in [0.1, 0.15) is 71.7 Å². The summed E-state index contributed by atoms with van der Waals surface area (Å²) in [5.74, 6) is -9.21. The zero-order valence-electron chi connectivity index (χ0n) is 58.2. The van der Waals surface area contributed by atoms with E-state index < -0.39 is 109 Å². The van der Waals surface area contributed by atoms with Gasteiger partial charge in [0.05, 0.1) is 91.5 Å². The number of hydrogen-bond acceptors (Lipinski definition) is 31. The largest absolute Gasteiger partial charge is 0.463 e. The molecule has 0 aliphatic heterocycles. The van der Waals surface area contributed by atoms with Gasteiger partial charge >= 0.3 is 65.7 Å². The number of ether oxygens (including phenoxy) is 14. The maximum Gasteiger partial charge on any atom is 0.338 e. The van der Waals surface area contributed by atoms with Crippen molar-refractivity contribution in [2.24, 2.45) is 5.92 Å². The lowest BCUT2D eigenvalue weighted by atomic mass is 9.97. The van der Waals surface area contributed by atoms with E-state index in [0.29, 0.717) is 34.1 Å². The third kappa shape index (κ3) is 50.8. The number of nitriles is 2. The van der Waals surface area contributed by atoms with Crippen molar-refractivity contribution in [1.29, 1.82) is 10.5 Å². The first-order chi connectivity index (χ1) is 47.9. The highest BCUT2D eigenvalue weighted by molar-refractivity contribution is 7.95. The second-order valence-corrected chi connectivity index (χ2v) is 24.6. The number of benzene rings is 1. The summed E-state index contributed by atoms with van der Waals surface area (Å²) in [6.45, 7) is 43.1. The van der Waals surface area contributed by atoms with Gasteiger partial charge in [0, 0.05) is 57.6 Å². The molecule has 0 radical (unpaired) electrons. The molecular formula is C69H90N2O29S2. The maximum atomic E-state index is 12.4. The van der Waals surface area contributed by atoms with E-state index in [0.717, 1.165) is 6.08 Å². The second-order valence-electron chi connectivity index (χ2n) is 20.6. The van der Waals surface area contributed by atoms with Crippen molar-refractivity contribution in [2.75, 3.05) is 111 Å². The summed E-state index contributed by atoms with van der Waals surface area (Å²) in [6, 6.07) is 8.44. The number of esters is 11. The Labute approximate surface area is 594 Å². The molecule has 0 N–H and O–H groups in total. The van der Waals surface area contributed by atoms with Crippen molar-refractivity contribution in [2.45, 2.75) is 79.4 Å². The third-order valence-corrected chi connectivity index (χ3v) is 14.0. The van der Waals surface area contributed by atoms with E-state index in [1.807, 2.05) is 0 Å². The minimum absolute atomic E-state index is 0.0143. The topological polar surface area (TPSA) is 433 Å². The van der Waals surface area contributed by atoms with E-state index in [1.54, 1.807) is 39.8 Å². The molecule has 0 bridgehead atoms. The van der Waals surface area contributed by atoms with Gasteiger partial charge in [-0.25, -0.2) is 55.2 Å². The molecule has 0 unspecified atom stereocenters. The monoisotopic (exact) mass is 1470 g/mol. The molecule has 1 aromatic carbocycles. The lowest BCUT2D eigenvalue weighted by molar-refractivity contribution is -0.155. The molecule has 102 heavy (non-hydrogen) atoms. The predicted octanol–water partition coefficient (Wildman–Crippen LogP) is 6.17. The summed E-state index contributed by atoms with van der Waals surface area (Å²) < 4.78 is 117. The zero-order valence-corrected chi connectivity index (χ0v) is 59.9. The number of sulfone groups is 2. The first-order valence-electron chi connectivity index (χ1n) is 30.4. The van der Waals surface area contributed by atoms with Crippen molar-refractivity contribution in [3.8, 4) is 12.1 Å². The second kappa shape index (κ2) is 55.3. The summed E-state index contributed by atoms with van der Waals surface area (Å²) in [5, 5.41) is 18.5. The summed E-state index contributed by atoms with van der Waals surface area (Å²) in [5.41, 5.74) is 1.48. The highest BCUT2D eigenvalue weighted by Gasteiger charge is 2.27. The van der Waals surface area contributed by atoms with Gasteiger partial charge in [-0.15, -0.1) is 0 Å². The van der Waals surface area contributed by atoms with Crippen LogP contribution in [0.2, 0.25) is 0 Å². The number of carbonyl (C=O) groups excluding carboxylic acids is 11. The average Bonchev–Trinajstić information content (AvgIpc) is 0.849. The van der Waals surface area contributed by atoms with Crippen LogP contribution in [0.15, 0.2) is 146 Å². The van der Waals surface area contributed by atoms with Crippen molar-refractivity contribution < 1.29 is 136 Å². The zero-order chi connectivity index (χ0) is 78.4. The van der Waals surface area contributed by atoms with Crippen molar-refractivity contribution in [3.05, 3.63) is 157 Å². The van der Waals surface area contributed by atoms with Crippen LogP contribution in [-0.2, 0) is 129 Å². The SMILES string of the molecule is C=C(C#N)COC(=O)CCC(CCC(=O)OCC(=C)C#N)C(=O)OCCOC(=O)C(=C)C.C=C(C)C(=O)OCCOCC(COCCOC(=O)C(=C)C)OCCOC(=O)C(=C)C.C=CC(=O)OCC.C=CS(=O)(=O)CC(CS(=O)(=O)C=C)OC(=O)c1ccc(C(=O)OCCOC(=O)C(=C)C)cc1. The molecule has 0 aromatic heterocycles. The van der Waals surface area contributed by atoms with Crippen LogP contribution in [-0.4, -0.2) is 205 Å². The highest BCUT2D eigenvalue weighted by atomic mass is 32.2. The Morgan fingerprint density at radius 1 is 0.451 bits per heavy atom. The Balaban J connectivity index is -0.00000137. The summed E-state index contributed by atoms with van der Waals surface area (Å²) in [4.78, 5) is 127. The van der Waals surface area contributed by atoms with E-state index in [-0.39, 0.29) is 158 Å². The lowest BCUT2D eigenvalue weighted by Crippen LogP contribution is -2.32. The fraction of sp³-hybridized carbons (Fsp3) is 0.435. The van der Waals surface area contributed by atoms with Crippen LogP contribution in [0.25, 0.3) is 0 Å². The smallest absolute Gasteiger partial charge is 0.338 e. The quantitative estimate of drug-likeness (QED) is 0.0231. The number of carbonyl (C=O) groups is 11. The Kier molecular flexibility index (Phi) is 51.9. The third-order valence-electron chi connectivity index (χ3n) is 11.3. The molecule has 0 aliphatic carbocycles. The molecule has 0 saturated heterocycles. The molecule has 0 saturated carbocycles. The average molecular weight is 1480 g/mol. The normalized spacial score (nSPS) is 10.3. The summed E-state index contributed by atoms with van der Waals surface area (Å²) >= 11 is 0. The van der Waals surface area contributed by atoms with Crippen LogP contribution in [0.5, 0.6) is 0 Å². The van der Waals surface area contributed by atoms with Gasteiger partial charge in [0.15, 0.2) is 19.7 Å². The number of nitrogens with zero attached hydrogens (tertiary/aromatic N) is 2. The van der Waals surface area contributed by atoms with Gasteiger partial charge in [0.2, 0.25) is 0 Å². The minimum atomic E-state index is -3.88. The van der Waals surface area contributed by atoms with Gasteiger partial charge < -0.3 is 66.3 Å². The molecule has 0 amide bonds. The van der Waals surface area contributed by atoms with Crippen molar-refractivity contribution in [1.82, 2.24) is 0 Å². The van der Waals surface area contributed by atoms with Crippen LogP contribution < -0.4 is 0 Å². The Bertz CT molecular complexity index is 3320. The molecule has 0 heterocycles. The predicted molar refractivity (Wildman–Crippen MR) is 365 cm³/mol. The first kappa shape index (κ1) is 95.7. The number of hydrogen-bond donors (Lipinski definition) is 0. The Morgan fingerprint density at radius 2 is 0.784 bits per heavy atom. The molecule has 33 heteroatoms. The van der Waals surface area contributed by atoms with Gasteiger partial charge in [0.25, 0.3) is 0 Å². The van der Waals surface area contributed by atoms with E-state index in [1.165, 1.54) is 38.1 Å².